The predicted molar refractivity (Wildman–Crippen MR) is 255 cm³/mol. The van der Waals surface area contributed by atoms with Crippen molar-refractivity contribution in [2.75, 3.05) is 74.6 Å². The van der Waals surface area contributed by atoms with E-state index < -0.39 is 17.6 Å². The molecule has 0 bridgehead atoms. The Bertz CT molecular complexity index is 2420. The van der Waals surface area contributed by atoms with Crippen molar-refractivity contribution < 1.29 is 23.5 Å². The van der Waals surface area contributed by atoms with Gasteiger partial charge in [0, 0.05) is 75.7 Å². The summed E-state index contributed by atoms with van der Waals surface area (Å²) in [6.07, 6.45) is 7.93. The van der Waals surface area contributed by atoms with Gasteiger partial charge >= 0.3 is 0 Å². The first-order chi connectivity index (χ1) is 31.7. The number of benzene rings is 3. The first-order valence-corrected chi connectivity index (χ1v) is 23.6. The summed E-state index contributed by atoms with van der Waals surface area (Å²) in [5.41, 5.74) is 4.45. The maximum Gasteiger partial charge on any atom is 0.249 e. The van der Waals surface area contributed by atoms with Crippen molar-refractivity contribution in [3.63, 3.8) is 0 Å². The number of imide groups is 1. The molecule has 13 nitrogen and oxygen atoms in total. The molecular weight excluding hydrogens is 857 g/mol. The molecule has 0 spiro atoms. The Morgan fingerprint density at radius 2 is 1.65 bits per heavy atom. The second-order valence-electron chi connectivity index (χ2n) is 19.2. The van der Waals surface area contributed by atoms with Gasteiger partial charge in [0.15, 0.2) is 0 Å². The number of hydrogen-bond acceptors (Lipinski definition) is 11. The Morgan fingerprint density at radius 1 is 0.924 bits per heavy atom. The van der Waals surface area contributed by atoms with Crippen molar-refractivity contribution in [3.05, 3.63) is 106 Å². The molecule has 348 valence electrons. The van der Waals surface area contributed by atoms with Crippen molar-refractivity contribution in [2.45, 2.75) is 101 Å². The first kappa shape index (κ1) is 46.9. The molecule has 3 aromatic carbocycles. The van der Waals surface area contributed by atoms with Crippen LogP contribution < -0.4 is 24.8 Å². The number of carbonyl (C=O) groups is 3. The highest BCUT2D eigenvalue weighted by Gasteiger charge is 2.39. The molecule has 0 radical (unpaired) electrons. The summed E-state index contributed by atoms with van der Waals surface area (Å²) in [4.78, 5) is 56.5. The van der Waals surface area contributed by atoms with Crippen molar-refractivity contribution in [2.24, 2.45) is 0 Å². The van der Waals surface area contributed by atoms with Crippen molar-refractivity contribution in [1.82, 2.24) is 25.1 Å². The van der Waals surface area contributed by atoms with Crippen LogP contribution in [-0.4, -0.2) is 116 Å². The van der Waals surface area contributed by atoms with E-state index in [2.05, 4.69) is 57.0 Å². The summed E-state index contributed by atoms with van der Waals surface area (Å²) in [5.74, 6) is 0.948. The highest BCUT2D eigenvalue weighted by molar-refractivity contribution is 6.30. The number of nitriles is 1. The minimum absolute atomic E-state index is 0.203. The van der Waals surface area contributed by atoms with Crippen LogP contribution in [0.3, 0.4) is 0 Å². The fraction of sp³-hybridized carbons (Fsp3) is 0.490. The average molecular weight is 919 g/mol. The number of halogens is 2. The smallest absolute Gasteiger partial charge is 0.249 e. The Balaban J connectivity index is 0.775. The zero-order valence-corrected chi connectivity index (χ0v) is 39.3. The second-order valence-corrected chi connectivity index (χ2v) is 19.6. The molecule has 4 aromatic rings. The minimum Gasteiger partial charge on any atom is -0.487 e. The van der Waals surface area contributed by atoms with Gasteiger partial charge < -0.3 is 29.2 Å². The molecule has 0 saturated carbocycles. The van der Waals surface area contributed by atoms with Gasteiger partial charge in [0.05, 0.1) is 28.7 Å². The molecule has 4 saturated heterocycles. The molecule has 4 aliphatic rings. The van der Waals surface area contributed by atoms with Gasteiger partial charge in [0.2, 0.25) is 24.2 Å². The first-order valence-electron chi connectivity index (χ1n) is 23.3. The second kappa shape index (κ2) is 20.1. The molecule has 3 amide bonds. The van der Waals surface area contributed by atoms with Crippen LogP contribution >= 0.6 is 11.6 Å². The fourth-order valence-electron chi connectivity index (χ4n) is 10.2. The standard InChI is InChI=1S/C51H61ClFN9O4/c1-50(2,39-27-35(31-54)28-40(52)30-39)38-6-8-43(9-7-38)66-32-41-13-20-55-49(56-41)61-25-18-51(53,19-26-61)33-59-21-16-42(17-22-59)60-23-14-36(15-24-60)37-5-10-44(46(29-37)58(3)4)62(34-63)45-11-12-47(64)57-48(45)65/h5-10,13,20,27-30,34,36,42,45H,11-12,14-19,21-26,32-33H2,1-4H3,(H,57,64,65). The number of hydrogen-bond donors (Lipinski definition) is 1. The zero-order valence-electron chi connectivity index (χ0n) is 38.5. The van der Waals surface area contributed by atoms with Crippen molar-refractivity contribution >= 4 is 47.1 Å². The molecule has 15 heteroatoms. The van der Waals surface area contributed by atoms with E-state index in [0.717, 1.165) is 74.4 Å². The highest BCUT2D eigenvalue weighted by atomic mass is 35.5. The van der Waals surface area contributed by atoms with Gasteiger partial charge in [0.1, 0.15) is 24.1 Å². The fourth-order valence-corrected chi connectivity index (χ4v) is 10.5. The molecule has 0 aliphatic carbocycles. The SMILES string of the molecule is CN(C)c1cc(C2CCN(C3CCN(CC4(F)CCN(c5nccc(COc6ccc(C(C)(C)c7cc(Cl)cc(C#N)c7)cc6)n5)CC4)CC3)CC2)ccc1N(C=O)C1CCC(=O)NC1=O. The number of amides is 3. The number of alkyl halides is 1. The van der Waals surface area contributed by atoms with Crippen LogP contribution in [0.2, 0.25) is 5.02 Å². The van der Waals surface area contributed by atoms with Crippen LogP contribution in [0.15, 0.2) is 72.9 Å². The number of nitrogens with zero attached hydrogens (tertiary/aromatic N) is 8. The van der Waals surface area contributed by atoms with E-state index in [0.29, 0.717) is 85.2 Å². The normalized spacial score (nSPS) is 20.1. The monoisotopic (exact) mass is 917 g/mol. The van der Waals surface area contributed by atoms with E-state index in [4.69, 9.17) is 21.3 Å². The van der Waals surface area contributed by atoms with Gasteiger partial charge in [-0.3, -0.25) is 19.7 Å². The van der Waals surface area contributed by atoms with Crippen LogP contribution in [0.1, 0.15) is 99.1 Å². The lowest BCUT2D eigenvalue weighted by atomic mass is 9.78. The number of rotatable bonds is 14. The van der Waals surface area contributed by atoms with Crippen molar-refractivity contribution in [3.8, 4) is 11.8 Å². The molecule has 1 N–H and O–H groups in total. The molecule has 1 unspecified atom stereocenters. The summed E-state index contributed by atoms with van der Waals surface area (Å²) >= 11 is 6.31. The Kier molecular flexibility index (Phi) is 14.3. The molecule has 66 heavy (non-hydrogen) atoms. The van der Waals surface area contributed by atoms with Crippen LogP contribution in [-0.2, 0) is 26.4 Å². The maximum atomic E-state index is 16.4. The van der Waals surface area contributed by atoms with E-state index in [1.807, 2.05) is 67.5 Å². The Hall–Kier alpha value is -5.62. The number of nitrogens with one attached hydrogen (secondary N) is 1. The van der Waals surface area contributed by atoms with E-state index in [1.54, 1.807) is 12.3 Å². The third-order valence-electron chi connectivity index (χ3n) is 14.4. The quantitative estimate of drug-likeness (QED) is 0.100. The highest BCUT2D eigenvalue weighted by Crippen LogP contribution is 2.39. The zero-order chi connectivity index (χ0) is 46.6. The summed E-state index contributed by atoms with van der Waals surface area (Å²) in [5, 5.41) is 12.3. The minimum atomic E-state index is -1.25. The van der Waals surface area contributed by atoms with Gasteiger partial charge in [0.25, 0.3) is 0 Å². The van der Waals surface area contributed by atoms with E-state index >= 15 is 4.39 Å². The van der Waals surface area contributed by atoms with Crippen LogP contribution in [0.25, 0.3) is 0 Å². The van der Waals surface area contributed by atoms with Crippen LogP contribution in [0.5, 0.6) is 5.75 Å². The molecule has 5 heterocycles. The number of carbonyl (C=O) groups excluding carboxylic acids is 3. The number of anilines is 3. The predicted octanol–water partition coefficient (Wildman–Crippen LogP) is 7.39. The largest absolute Gasteiger partial charge is 0.487 e. The van der Waals surface area contributed by atoms with E-state index in [1.165, 1.54) is 10.5 Å². The Morgan fingerprint density at radius 3 is 2.32 bits per heavy atom. The maximum absolute atomic E-state index is 16.4. The topological polar surface area (TPSA) is 138 Å². The van der Waals surface area contributed by atoms with Crippen LogP contribution in [0.4, 0.5) is 21.7 Å². The summed E-state index contributed by atoms with van der Waals surface area (Å²) in [7, 11) is 3.88. The van der Waals surface area contributed by atoms with Crippen LogP contribution in [0, 0.1) is 11.3 Å². The molecule has 1 atom stereocenters. The van der Waals surface area contributed by atoms with Gasteiger partial charge in [-0.1, -0.05) is 43.6 Å². The summed E-state index contributed by atoms with van der Waals surface area (Å²) in [6, 6.07) is 23.4. The summed E-state index contributed by atoms with van der Waals surface area (Å²) in [6.45, 7) is 9.85. The van der Waals surface area contributed by atoms with Crippen molar-refractivity contribution in [1.29, 1.82) is 5.26 Å². The number of ether oxygens (including phenoxy) is 1. The van der Waals surface area contributed by atoms with E-state index in [-0.39, 0.29) is 24.3 Å². The lowest BCUT2D eigenvalue weighted by Crippen LogP contribution is -2.52. The number of piperidine rings is 4. The van der Waals surface area contributed by atoms with E-state index in [9.17, 15) is 19.6 Å². The molecule has 8 rings (SSSR count). The third kappa shape index (κ3) is 10.6. The molecule has 4 fully saturated rings. The van der Waals surface area contributed by atoms with Gasteiger partial charge in [-0.15, -0.1) is 0 Å². The third-order valence-corrected chi connectivity index (χ3v) is 14.6. The molecular formula is C51H61ClFN9O4. The number of likely N-dealkylation sites (tertiary alicyclic amines) is 2. The summed E-state index contributed by atoms with van der Waals surface area (Å²) < 4.78 is 22.5. The lowest BCUT2D eigenvalue weighted by molar-refractivity contribution is -0.134. The number of aromatic nitrogens is 2. The molecule has 4 aliphatic heterocycles. The van der Waals surface area contributed by atoms with Gasteiger partial charge in [-0.25, -0.2) is 14.4 Å². The van der Waals surface area contributed by atoms with Gasteiger partial charge in [-0.05, 0) is 129 Å². The Labute approximate surface area is 392 Å². The van der Waals surface area contributed by atoms with Gasteiger partial charge in [-0.2, -0.15) is 5.26 Å². The average Bonchev–Trinajstić information content (AvgIpc) is 3.32. The lowest BCUT2D eigenvalue weighted by Gasteiger charge is -2.44. The molecule has 1 aromatic heterocycles.